The highest BCUT2D eigenvalue weighted by atomic mass is 16.7. The van der Waals surface area contributed by atoms with Crippen LogP contribution < -0.4 is 5.32 Å². The van der Waals surface area contributed by atoms with Crippen LogP contribution in [0.5, 0.6) is 0 Å². The Morgan fingerprint density at radius 2 is 2.15 bits per heavy atom. The smallest absolute Gasteiger partial charge is 0.229 e. The van der Waals surface area contributed by atoms with Crippen LogP contribution in [-0.4, -0.2) is 59.5 Å². The minimum absolute atomic E-state index is 0.170. The molecular weight excluding hydrogens is 434 g/mol. The van der Waals surface area contributed by atoms with E-state index < -0.39 is 6.10 Å². The van der Waals surface area contributed by atoms with Gasteiger partial charge in [-0.15, -0.1) is 0 Å². The molecule has 3 aromatic heterocycles. The number of aliphatic hydroxyl groups is 1. The maximum Gasteiger partial charge on any atom is 0.229 e. The van der Waals surface area contributed by atoms with Gasteiger partial charge in [0.05, 0.1) is 32.0 Å². The van der Waals surface area contributed by atoms with Crippen molar-refractivity contribution in [3.63, 3.8) is 0 Å². The summed E-state index contributed by atoms with van der Waals surface area (Å²) in [5.41, 5.74) is 3.55. The Bertz CT molecular complexity index is 1370. The molecule has 1 aromatic carbocycles. The lowest BCUT2D eigenvalue weighted by atomic mass is 10.1. The minimum Gasteiger partial charge on any atom is -0.389 e. The lowest BCUT2D eigenvalue weighted by Crippen LogP contribution is -2.20. The molecule has 1 aliphatic heterocycles. The number of hydrogen-bond acceptors (Lipinski definition) is 8. The average molecular weight is 460 g/mol. The molecule has 1 saturated heterocycles. The van der Waals surface area contributed by atoms with Crippen LogP contribution in [-0.2, 0) is 18.4 Å². The van der Waals surface area contributed by atoms with Gasteiger partial charge in [0, 0.05) is 65.3 Å². The second kappa shape index (κ2) is 8.32. The van der Waals surface area contributed by atoms with Crippen molar-refractivity contribution in [1.82, 2.24) is 29.4 Å². The van der Waals surface area contributed by atoms with E-state index >= 15 is 0 Å². The van der Waals surface area contributed by atoms with E-state index in [1.54, 1.807) is 28.2 Å². The third-order valence-corrected chi connectivity index (χ3v) is 6.19. The number of ketones is 1. The number of carbonyl (C=O) groups is 1. The summed E-state index contributed by atoms with van der Waals surface area (Å²) in [5.74, 6) is 1.45. The Balaban J connectivity index is 1.22. The van der Waals surface area contributed by atoms with E-state index in [4.69, 9.17) is 4.84 Å². The van der Waals surface area contributed by atoms with Gasteiger partial charge >= 0.3 is 0 Å². The van der Waals surface area contributed by atoms with Gasteiger partial charge in [-0.3, -0.25) is 9.63 Å². The van der Waals surface area contributed by atoms with Crippen molar-refractivity contribution in [2.75, 3.05) is 18.5 Å². The van der Waals surface area contributed by atoms with Gasteiger partial charge in [0.25, 0.3) is 0 Å². The van der Waals surface area contributed by atoms with Crippen molar-refractivity contribution in [3.8, 4) is 5.82 Å². The van der Waals surface area contributed by atoms with Crippen molar-refractivity contribution in [3.05, 3.63) is 60.2 Å². The van der Waals surface area contributed by atoms with Crippen LogP contribution in [0.4, 0.5) is 11.6 Å². The van der Waals surface area contributed by atoms with E-state index in [0.29, 0.717) is 31.5 Å². The number of fused-ring (bicyclic) bond motifs is 1. The number of aromatic nitrogens is 5. The van der Waals surface area contributed by atoms with Crippen molar-refractivity contribution in [2.45, 2.75) is 25.5 Å². The fourth-order valence-corrected chi connectivity index (χ4v) is 4.31. The Morgan fingerprint density at radius 1 is 1.26 bits per heavy atom. The first-order chi connectivity index (χ1) is 16.5. The molecule has 0 radical (unpaired) electrons. The van der Waals surface area contributed by atoms with Gasteiger partial charge in [0.1, 0.15) is 0 Å². The predicted octanol–water partition coefficient (Wildman–Crippen LogP) is 2.60. The van der Waals surface area contributed by atoms with Crippen molar-refractivity contribution >= 4 is 28.3 Å². The lowest BCUT2D eigenvalue weighted by molar-refractivity contribution is -0.117. The number of benzene rings is 1. The fourth-order valence-electron chi connectivity index (χ4n) is 4.31. The molecule has 0 unspecified atom stereocenters. The van der Waals surface area contributed by atoms with Crippen LogP contribution in [0, 0.1) is 5.92 Å². The quantitative estimate of drug-likeness (QED) is 0.406. The monoisotopic (exact) mass is 459 g/mol. The van der Waals surface area contributed by atoms with E-state index in [0.717, 1.165) is 40.6 Å². The van der Waals surface area contributed by atoms with E-state index in [1.165, 1.54) is 0 Å². The number of aliphatic hydroxyl groups excluding tert-OH is 1. The zero-order valence-corrected chi connectivity index (χ0v) is 18.8. The minimum atomic E-state index is -0.455. The number of hydroxylamine groups is 2. The molecule has 1 aliphatic carbocycles. The summed E-state index contributed by atoms with van der Waals surface area (Å²) in [7, 11) is 1.96. The Morgan fingerprint density at radius 3 is 2.94 bits per heavy atom. The van der Waals surface area contributed by atoms with Gasteiger partial charge in [0.15, 0.2) is 11.6 Å². The molecule has 0 spiro atoms. The summed E-state index contributed by atoms with van der Waals surface area (Å²) in [5, 5.41) is 19.9. The van der Waals surface area contributed by atoms with Gasteiger partial charge in [-0.05, 0) is 31.0 Å². The van der Waals surface area contributed by atoms with Crippen LogP contribution in [0.2, 0.25) is 0 Å². The number of carbonyl (C=O) groups excluding carboxylic acids is 1. The SMILES string of the molecule is Cn1cc(C(=O)C2CC2)c2cc(Nc3nccc(-n4cc(CN5C[C@H](O)CO5)cn4)n3)ccc21. The molecule has 2 N–H and O–H groups in total. The molecule has 1 atom stereocenters. The van der Waals surface area contributed by atoms with Crippen LogP contribution in [0.3, 0.4) is 0 Å². The van der Waals surface area contributed by atoms with Crippen molar-refractivity contribution in [2.24, 2.45) is 13.0 Å². The zero-order chi connectivity index (χ0) is 23.2. The fraction of sp³-hybridized carbons (Fsp3) is 0.333. The molecule has 6 rings (SSSR count). The number of β-amino-alcohol motifs (C(OH)–C–C–N with tert-alkyl or cyclic N) is 1. The number of nitrogens with zero attached hydrogens (tertiary/aromatic N) is 6. The zero-order valence-electron chi connectivity index (χ0n) is 18.8. The summed E-state index contributed by atoms with van der Waals surface area (Å²) in [6.07, 6.45) is 8.75. The Labute approximate surface area is 195 Å². The van der Waals surface area contributed by atoms with Gasteiger partial charge in [0.2, 0.25) is 5.95 Å². The third kappa shape index (κ3) is 4.07. The molecule has 2 fully saturated rings. The number of rotatable bonds is 7. The summed E-state index contributed by atoms with van der Waals surface area (Å²) in [6, 6.07) is 7.73. The van der Waals surface area contributed by atoms with E-state index in [-0.39, 0.29) is 11.7 Å². The topological polar surface area (TPSA) is 110 Å². The second-order valence-electron chi connectivity index (χ2n) is 8.95. The largest absolute Gasteiger partial charge is 0.389 e. The highest BCUT2D eigenvalue weighted by Crippen LogP contribution is 2.36. The summed E-state index contributed by atoms with van der Waals surface area (Å²) >= 11 is 0. The van der Waals surface area contributed by atoms with Crippen molar-refractivity contribution in [1.29, 1.82) is 0 Å². The predicted molar refractivity (Wildman–Crippen MR) is 125 cm³/mol. The molecule has 10 heteroatoms. The second-order valence-corrected chi connectivity index (χ2v) is 8.95. The molecule has 174 valence electrons. The highest BCUT2D eigenvalue weighted by molar-refractivity contribution is 6.10. The highest BCUT2D eigenvalue weighted by Gasteiger charge is 2.32. The molecule has 4 aromatic rings. The van der Waals surface area contributed by atoms with E-state index in [1.807, 2.05) is 42.2 Å². The van der Waals surface area contributed by atoms with Crippen molar-refractivity contribution < 1.29 is 14.7 Å². The first-order valence-corrected chi connectivity index (χ1v) is 11.4. The normalized spacial score (nSPS) is 18.6. The third-order valence-electron chi connectivity index (χ3n) is 6.19. The molecular formula is C24H25N7O3. The average Bonchev–Trinajstić information content (AvgIpc) is 3.31. The number of nitrogens with one attached hydrogen (secondary N) is 1. The van der Waals surface area contributed by atoms with Crippen LogP contribution in [0.25, 0.3) is 16.7 Å². The van der Waals surface area contributed by atoms with E-state index in [2.05, 4.69) is 20.4 Å². The summed E-state index contributed by atoms with van der Waals surface area (Å²) in [6.45, 7) is 1.33. The molecule has 4 heterocycles. The standard InChI is InChI=1S/C24H25N7O3/c1-29-13-20(23(33)16-2-3-16)19-8-17(4-5-21(19)29)27-24-25-7-6-22(28-24)31-11-15(9-26-31)10-30-12-18(32)14-34-30/h4-9,11,13,16,18,32H,2-3,10,12,14H2,1H3,(H,25,27,28)/t18-/m0/s1. The summed E-state index contributed by atoms with van der Waals surface area (Å²) in [4.78, 5) is 27.1. The molecule has 2 aliphatic rings. The molecule has 0 bridgehead atoms. The molecule has 1 saturated carbocycles. The number of anilines is 2. The molecule has 10 nitrogen and oxygen atoms in total. The molecule has 34 heavy (non-hydrogen) atoms. The lowest BCUT2D eigenvalue weighted by Gasteiger charge is -2.11. The first kappa shape index (κ1) is 21.0. The van der Waals surface area contributed by atoms with Gasteiger partial charge in [-0.25, -0.2) is 9.67 Å². The maximum absolute atomic E-state index is 12.7. The number of hydrogen-bond donors (Lipinski definition) is 2. The Kier molecular flexibility index (Phi) is 5.13. The number of Topliss-reactive ketones (excluding diaryl/α,β-unsaturated/α-hetero) is 1. The van der Waals surface area contributed by atoms with Gasteiger partial charge in [-0.2, -0.15) is 15.1 Å². The van der Waals surface area contributed by atoms with Crippen LogP contribution >= 0.6 is 0 Å². The van der Waals surface area contributed by atoms with Crippen LogP contribution in [0.1, 0.15) is 28.8 Å². The number of aryl methyl sites for hydroxylation is 1. The van der Waals surface area contributed by atoms with Crippen LogP contribution in [0.15, 0.2) is 49.1 Å². The van der Waals surface area contributed by atoms with Gasteiger partial charge < -0.3 is 15.0 Å². The van der Waals surface area contributed by atoms with E-state index in [9.17, 15) is 9.90 Å². The van der Waals surface area contributed by atoms with Gasteiger partial charge in [-0.1, -0.05) is 0 Å². The Hall–Kier alpha value is -3.60. The maximum atomic E-state index is 12.7. The molecule has 0 amide bonds. The first-order valence-electron chi connectivity index (χ1n) is 11.4. The summed E-state index contributed by atoms with van der Waals surface area (Å²) < 4.78 is 3.68.